The van der Waals surface area contributed by atoms with Crippen molar-refractivity contribution in [3.63, 3.8) is 0 Å². The number of carbonyl (C=O) groups is 1. The topological polar surface area (TPSA) is 54.5 Å². The Hall–Kier alpha value is -3.05. The summed E-state index contributed by atoms with van der Waals surface area (Å²) in [5.74, 6) is 0.0386. The van der Waals surface area contributed by atoms with Crippen LogP contribution in [-0.2, 0) is 11.3 Å². The summed E-state index contributed by atoms with van der Waals surface area (Å²) in [6, 6.07) is 10.8. The van der Waals surface area contributed by atoms with Gasteiger partial charge in [-0.05, 0) is 63.5 Å². The lowest BCUT2D eigenvalue weighted by atomic mass is 10.0. The maximum atomic E-state index is 12.9. The van der Waals surface area contributed by atoms with Crippen LogP contribution >= 0.6 is 0 Å². The molecular formula is C26H32N4O. The highest BCUT2D eigenvalue weighted by atomic mass is 16.2. The van der Waals surface area contributed by atoms with Crippen LogP contribution in [0.15, 0.2) is 72.2 Å². The van der Waals surface area contributed by atoms with Crippen LogP contribution in [0.4, 0.5) is 0 Å². The molecule has 5 heteroatoms. The molecule has 1 fully saturated rings. The first-order chi connectivity index (χ1) is 14.9. The highest BCUT2D eigenvalue weighted by Gasteiger charge is 2.25. The first-order valence-corrected chi connectivity index (χ1v) is 11.1. The molecule has 2 aromatic rings. The van der Waals surface area contributed by atoms with Gasteiger partial charge >= 0.3 is 0 Å². The van der Waals surface area contributed by atoms with Crippen molar-refractivity contribution in [2.24, 2.45) is 5.73 Å². The molecule has 0 spiro atoms. The highest BCUT2D eigenvalue weighted by molar-refractivity contribution is 5.97. The van der Waals surface area contributed by atoms with Gasteiger partial charge in [0.2, 0.25) is 0 Å². The van der Waals surface area contributed by atoms with Gasteiger partial charge < -0.3 is 20.1 Å². The third-order valence-corrected chi connectivity index (χ3v) is 6.44. The molecule has 4 rings (SSSR count). The van der Waals surface area contributed by atoms with Crippen molar-refractivity contribution < 1.29 is 4.79 Å². The van der Waals surface area contributed by atoms with E-state index in [0.29, 0.717) is 12.1 Å². The van der Waals surface area contributed by atoms with Crippen molar-refractivity contribution in [2.45, 2.75) is 46.2 Å². The summed E-state index contributed by atoms with van der Waals surface area (Å²) >= 11 is 0. The van der Waals surface area contributed by atoms with Crippen LogP contribution in [0.3, 0.4) is 0 Å². The summed E-state index contributed by atoms with van der Waals surface area (Å²) in [5.41, 5.74) is 12.3. The average molecular weight is 417 g/mol. The fourth-order valence-corrected chi connectivity index (χ4v) is 4.61. The molecule has 0 aliphatic carbocycles. The maximum Gasteiger partial charge on any atom is 0.254 e. The second kappa shape index (κ2) is 8.60. The predicted molar refractivity (Wildman–Crippen MR) is 128 cm³/mol. The molecule has 1 amide bonds. The number of aryl methyl sites for hydroxylation is 1. The number of fused-ring (bicyclic) bond motifs is 1. The number of hydrogen-bond donors (Lipinski definition) is 1. The molecule has 0 bridgehead atoms. The molecule has 31 heavy (non-hydrogen) atoms. The Morgan fingerprint density at radius 3 is 2.74 bits per heavy atom. The second-order valence-electron chi connectivity index (χ2n) is 8.47. The number of likely N-dealkylation sites (tertiary alicyclic amines) is 1. The molecule has 2 aliphatic rings. The molecule has 0 radical (unpaired) electrons. The smallest absolute Gasteiger partial charge is 0.254 e. The van der Waals surface area contributed by atoms with E-state index in [-0.39, 0.29) is 11.9 Å². The number of rotatable bonds is 4. The zero-order chi connectivity index (χ0) is 22.1. The summed E-state index contributed by atoms with van der Waals surface area (Å²) in [4.78, 5) is 16.9. The Labute approximate surface area is 184 Å². The Morgan fingerprint density at radius 1 is 1.26 bits per heavy atom. The maximum absolute atomic E-state index is 12.9. The second-order valence-corrected chi connectivity index (χ2v) is 8.47. The van der Waals surface area contributed by atoms with Crippen molar-refractivity contribution in [2.75, 3.05) is 13.1 Å². The molecule has 1 aromatic carbocycles. The van der Waals surface area contributed by atoms with E-state index >= 15 is 0 Å². The number of piperidine rings is 1. The Balaban J connectivity index is 1.60. The van der Waals surface area contributed by atoms with Crippen molar-refractivity contribution in [1.29, 1.82) is 0 Å². The van der Waals surface area contributed by atoms with Crippen LogP contribution in [0.25, 0.3) is 16.5 Å². The number of hydrogen-bond acceptors (Lipinski definition) is 3. The normalized spacial score (nSPS) is 20.2. The van der Waals surface area contributed by atoms with E-state index in [1.165, 1.54) is 22.2 Å². The quantitative estimate of drug-likeness (QED) is 0.791. The largest absolute Gasteiger partial charge is 0.341 e. The van der Waals surface area contributed by atoms with E-state index in [1.807, 2.05) is 23.3 Å². The van der Waals surface area contributed by atoms with Crippen molar-refractivity contribution in [3.05, 3.63) is 77.9 Å². The summed E-state index contributed by atoms with van der Waals surface area (Å²) in [6.07, 6.45) is 7.68. The molecule has 1 aromatic heterocycles. The van der Waals surface area contributed by atoms with Gasteiger partial charge in [0.1, 0.15) is 0 Å². The highest BCUT2D eigenvalue weighted by Crippen LogP contribution is 2.31. The van der Waals surface area contributed by atoms with Gasteiger partial charge in [0.15, 0.2) is 0 Å². The summed E-state index contributed by atoms with van der Waals surface area (Å²) in [6.45, 7) is 13.0. The fourth-order valence-electron chi connectivity index (χ4n) is 4.61. The number of carbonyl (C=O) groups excluding carboxylic acids is 1. The molecule has 2 aliphatic heterocycles. The van der Waals surface area contributed by atoms with Crippen LogP contribution in [0.5, 0.6) is 0 Å². The van der Waals surface area contributed by atoms with E-state index in [1.54, 1.807) is 0 Å². The minimum Gasteiger partial charge on any atom is -0.341 e. The Morgan fingerprint density at radius 2 is 2.03 bits per heavy atom. The summed E-state index contributed by atoms with van der Waals surface area (Å²) < 4.78 is 2.34. The Bertz CT molecular complexity index is 1120. The van der Waals surface area contributed by atoms with Crippen LogP contribution in [0, 0.1) is 0 Å². The first kappa shape index (κ1) is 21.2. The first-order valence-electron chi connectivity index (χ1n) is 11.1. The van der Waals surface area contributed by atoms with Crippen LogP contribution < -0.4 is 5.73 Å². The van der Waals surface area contributed by atoms with E-state index in [9.17, 15) is 4.79 Å². The molecule has 2 N–H and O–H groups in total. The van der Waals surface area contributed by atoms with Crippen LogP contribution in [0.1, 0.15) is 39.3 Å². The molecule has 1 unspecified atom stereocenters. The summed E-state index contributed by atoms with van der Waals surface area (Å²) in [5, 5.41) is 1.24. The monoisotopic (exact) mass is 416 g/mol. The average Bonchev–Trinajstić information content (AvgIpc) is 3.16. The zero-order valence-corrected chi connectivity index (χ0v) is 18.8. The summed E-state index contributed by atoms with van der Waals surface area (Å²) in [7, 11) is 0. The third kappa shape index (κ3) is 3.98. The Kier molecular flexibility index (Phi) is 5.88. The third-order valence-electron chi connectivity index (χ3n) is 6.44. The molecule has 0 saturated carbocycles. The van der Waals surface area contributed by atoms with Crippen molar-refractivity contribution in [3.8, 4) is 0 Å². The van der Waals surface area contributed by atoms with Gasteiger partial charge in [0.05, 0.1) is 0 Å². The minimum absolute atomic E-state index is 0.0386. The number of aromatic nitrogens is 1. The number of nitrogens with zero attached hydrogens (tertiary/aromatic N) is 3. The lowest BCUT2D eigenvalue weighted by Crippen LogP contribution is -2.46. The molecule has 3 heterocycles. The van der Waals surface area contributed by atoms with E-state index in [2.05, 4.69) is 67.1 Å². The molecule has 1 atom stereocenters. The van der Waals surface area contributed by atoms with Gasteiger partial charge in [0, 0.05) is 65.4 Å². The van der Waals surface area contributed by atoms with E-state index in [0.717, 1.165) is 37.3 Å². The number of para-hydroxylation sites is 1. The molecular weight excluding hydrogens is 384 g/mol. The van der Waals surface area contributed by atoms with Crippen LogP contribution in [-0.4, -0.2) is 39.4 Å². The number of allylic oxidation sites excluding steroid dienone is 3. The van der Waals surface area contributed by atoms with Gasteiger partial charge in [-0.2, -0.15) is 0 Å². The lowest BCUT2D eigenvalue weighted by Gasteiger charge is -2.32. The van der Waals surface area contributed by atoms with Crippen LogP contribution in [0.2, 0.25) is 0 Å². The SMILES string of the molecule is C=C1C=C(C(=O)N2CCCC(N)C2)C=CN1/C(C)=C(\C)c1cc2ccccc2n1CC. The molecule has 1 saturated heterocycles. The molecule has 162 valence electrons. The van der Waals surface area contributed by atoms with Crippen molar-refractivity contribution >= 4 is 22.4 Å². The lowest BCUT2D eigenvalue weighted by molar-refractivity contribution is -0.127. The van der Waals surface area contributed by atoms with Crippen molar-refractivity contribution in [1.82, 2.24) is 14.4 Å². The van der Waals surface area contributed by atoms with Gasteiger partial charge in [-0.3, -0.25) is 4.79 Å². The van der Waals surface area contributed by atoms with Gasteiger partial charge in [0.25, 0.3) is 5.91 Å². The minimum atomic E-state index is 0.0386. The fraction of sp³-hybridized carbons (Fsp3) is 0.346. The number of benzene rings is 1. The van der Waals surface area contributed by atoms with Gasteiger partial charge in [-0.1, -0.05) is 24.8 Å². The standard InChI is InChI=1S/C26H32N4O/c1-5-29-24-11-7-6-9-21(24)16-25(29)19(3)20(4)30-14-12-22(15-18(30)2)26(31)28-13-8-10-23(27)17-28/h6-7,9,11-12,14-16,23H,2,5,8,10,13,17,27H2,1,3-4H3/b20-19+. The van der Waals surface area contributed by atoms with E-state index < -0.39 is 0 Å². The van der Waals surface area contributed by atoms with Gasteiger partial charge in [-0.25, -0.2) is 0 Å². The van der Waals surface area contributed by atoms with Gasteiger partial charge in [-0.15, -0.1) is 0 Å². The number of amides is 1. The zero-order valence-electron chi connectivity index (χ0n) is 18.8. The van der Waals surface area contributed by atoms with E-state index in [4.69, 9.17) is 5.73 Å². The number of nitrogens with two attached hydrogens (primary N) is 1. The predicted octanol–water partition coefficient (Wildman–Crippen LogP) is 4.63. The molecule has 5 nitrogen and oxygen atoms in total.